The van der Waals surface area contributed by atoms with Crippen molar-refractivity contribution in [3.8, 4) is 27.9 Å². The Labute approximate surface area is 227 Å². The van der Waals surface area contributed by atoms with Crippen molar-refractivity contribution >= 4 is 38.8 Å². The lowest BCUT2D eigenvalue weighted by molar-refractivity contribution is 1.17. The van der Waals surface area contributed by atoms with Crippen LogP contribution in [0.2, 0.25) is 0 Å². The van der Waals surface area contributed by atoms with Gasteiger partial charge in [0.05, 0.1) is 11.0 Å². The third kappa shape index (κ3) is 3.57. The minimum Gasteiger partial charge on any atom is -0.358 e. The zero-order chi connectivity index (χ0) is 25.8. The van der Waals surface area contributed by atoms with Gasteiger partial charge >= 0.3 is 0 Å². The average Bonchev–Trinajstić information content (AvgIpc) is 3.41. The van der Waals surface area contributed by atoms with Crippen molar-refractivity contribution in [1.29, 1.82) is 0 Å². The van der Waals surface area contributed by atoms with E-state index in [1.807, 2.05) is 0 Å². The first-order valence-corrected chi connectivity index (χ1v) is 13.5. The summed E-state index contributed by atoms with van der Waals surface area (Å²) < 4.78 is 2.39. The van der Waals surface area contributed by atoms with E-state index in [1.165, 1.54) is 71.9 Å². The van der Waals surface area contributed by atoms with Gasteiger partial charge in [-0.1, -0.05) is 97.1 Å². The number of para-hydroxylation sites is 1. The highest BCUT2D eigenvalue weighted by molar-refractivity contribution is 6.10. The summed E-state index contributed by atoms with van der Waals surface area (Å²) in [6.45, 7) is 0. The molecule has 1 N–H and O–H groups in total. The van der Waals surface area contributed by atoms with Gasteiger partial charge in [-0.15, -0.1) is 0 Å². The molecule has 184 valence electrons. The molecule has 0 atom stereocenters. The molecule has 0 amide bonds. The van der Waals surface area contributed by atoms with Crippen LogP contribution in [0.1, 0.15) is 11.3 Å². The summed E-state index contributed by atoms with van der Waals surface area (Å²) in [5.74, 6) is 0. The fourth-order valence-corrected chi connectivity index (χ4v) is 6.08. The quantitative estimate of drug-likeness (QED) is 0.250. The second-order valence-corrected chi connectivity index (χ2v) is 10.3. The van der Waals surface area contributed by atoms with Gasteiger partial charge in [-0.05, 0) is 64.7 Å². The Hall–Kier alpha value is -5.08. The largest absolute Gasteiger partial charge is 0.358 e. The third-order valence-corrected chi connectivity index (χ3v) is 7.99. The molecule has 5 aromatic carbocycles. The summed E-state index contributed by atoms with van der Waals surface area (Å²) in [4.78, 5) is 3.62. The van der Waals surface area contributed by atoms with E-state index < -0.39 is 0 Å². The summed E-state index contributed by atoms with van der Waals surface area (Å²) >= 11 is 0. The van der Waals surface area contributed by atoms with Gasteiger partial charge in [0, 0.05) is 45.0 Å². The number of aromatic amines is 1. The van der Waals surface area contributed by atoms with Gasteiger partial charge in [0.1, 0.15) is 0 Å². The molecule has 0 bridgehead atoms. The molecule has 2 aromatic heterocycles. The maximum absolute atomic E-state index is 3.62. The second kappa shape index (κ2) is 8.75. The number of fused-ring (bicyclic) bond motifs is 6. The van der Waals surface area contributed by atoms with Crippen molar-refractivity contribution in [3.63, 3.8) is 0 Å². The zero-order valence-electron chi connectivity index (χ0n) is 21.4. The van der Waals surface area contributed by atoms with Crippen molar-refractivity contribution in [3.05, 3.63) is 145 Å². The van der Waals surface area contributed by atoms with Crippen molar-refractivity contribution in [2.24, 2.45) is 0 Å². The highest BCUT2D eigenvalue weighted by Crippen LogP contribution is 2.37. The number of nitrogens with one attached hydrogen (secondary N) is 1. The molecule has 7 aromatic rings. The Kier molecular flexibility index (Phi) is 4.92. The molecule has 0 radical (unpaired) electrons. The number of H-pyrrole nitrogens is 1. The van der Waals surface area contributed by atoms with Gasteiger partial charge < -0.3 is 9.55 Å². The topological polar surface area (TPSA) is 20.7 Å². The van der Waals surface area contributed by atoms with Crippen LogP contribution in [0.25, 0.3) is 66.7 Å². The standard InChI is InChI=1S/C37H26N2/c1-3-9-25(10-4-1)26-15-19-29(20-16-26)39-36-14-8-7-12-31(36)33-24-28(18-22-37(33)39)27-17-21-35-32(23-27)30-11-5-2-6-13-34(30)38-35/h1-12,14-24,38H,13H2. The maximum atomic E-state index is 3.62. The van der Waals surface area contributed by atoms with Crippen LogP contribution in [0.5, 0.6) is 0 Å². The Morgan fingerprint density at radius 2 is 1.23 bits per heavy atom. The van der Waals surface area contributed by atoms with Gasteiger partial charge in [-0.2, -0.15) is 0 Å². The van der Waals surface area contributed by atoms with Crippen LogP contribution < -0.4 is 0 Å². The number of rotatable bonds is 3. The molecule has 0 spiro atoms. The van der Waals surface area contributed by atoms with Crippen LogP contribution in [-0.2, 0) is 6.42 Å². The fraction of sp³-hybridized carbons (Fsp3) is 0.0270. The van der Waals surface area contributed by atoms with Crippen LogP contribution in [0.3, 0.4) is 0 Å². The first kappa shape index (κ1) is 22.0. The molecule has 8 rings (SSSR count). The predicted molar refractivity (Wildman–Crippen MR) is 165 cm³/mol. The summed E-state index contributed by atoms with van der Waals surface area (Å²) in [5.41, 5.74) is 12.3. The summed E-state index contributed by atoms with van der Waals surface area (Å²) in [6.07, 6.45) is 9.63. The highest BCUT2D eigenvalue weighted by atomic mass is 15.0. The molecule has 0 saturated heterocycles. The number of aromatic nitrogens is 2. The number of benzene rings is 5. The minimum atomic E-state index is 0.935. The number of allylic oxidation sites excluding steroid dienone is 3. The molecular formula is C37H26N2. The molecule has 2 heteroatoms. The van der Waals surface area contributed by atoms with Crippen LogP contribution in [0.15, 0.2) is 133 Å². The molecule has 0 aliphatic heterocycles. The molecule has 0 saturated carbocycles. The van der Waals surface area contributed by atoms with Crippen LogP contribution in [0, 0.1) is 0 Å². The van der Waals surface area contributed by atoms with Gasteiger partial charge in [-0.25, -0.2) is 0 Å². The van der Waals surface area contributed by atoms with Crippen LogP contribution in [-0.4, -0.2) is 9.55 Å². The van der Waals surface area contributed by atoms with Gasteiger partial charge in [0.2, 0.25) is 0 Å². The second-order valence-electron chi connectivity index (χ2n) is 10.3. The smallest absolute Gasteiger partial charge is 0.0541 e. The van der Waals surface area contributed by atoms with Crippen molar-refractivity contribution < 1.29 is 0 Å². The molecule has 1 aliphatic carbocycles. The van der Waals surface area contributed by atoms with E-state index in [2.05, 4.69) is 149 Å². The van der Waals surface area contributed by atoms with Crippen LogP contribution in [0.4, 0.5) is 0 Å². The van der Waals surface area contributed by atoms with E-state index in [-0.39, 0.29) is 0 Å². The Morgan fingerprint density at radius 1 is 0.538 bits per heavy atom. The van der Waals surface area contributed by atoms with Crippen molar-refractivity contribution in [2.45, 2.75) is 6.42 Å². The number of nitrogens with zero attached hydrogens (tertiary/aromatic N) is 1. The first-order valence-electron chi connectivity index (χ1n) is 13.5. The Bertz CT molecular complexity index is 2070. The summed E-state index contributed by atoms with van der Waals surface area (Å²) in [7, 11) is 0. The predicted octanol–water partition coefficient (Wildman–Crippen LogP) is 9.72. The van der Waals surface area contributed by atoms with E-state index in [0.717, 1.165) is 6.42 Å². The number of hydrogen-bond acceptors (Lipinski definition) is 0. The molecule has 2 heterocycles. The maximum Gasteiger partial charge on any atom is 0.0541 e. The lowest BCUT2D eigenvalue weighted by Gasteiger charge is -2.10. The van der Waals surface area contributed by atoms with E-state index in [9.17, 15) is 0 Å². The van der Waals surface area contributed by atoms with E-state index in [1.54, 1.807) is 0 Å². The van der Waals surface area contributed by atoms with Gasteiger partial charge in [-0.3, -0.25) is 0 Å². The normalized spacial score (nSPS) is 12.8. The first-order chi connectivity index (χ1) is 19.3. The minimum absolute atomic E-state index is 0.935. The molecule has 2 nitrogen and oxygen atoms in total. The van der Waals surface area contributed by atoms with Gasteiger partial charge in [0.15, 0.2) is 0 Å². The average molecular weight is 499 g/mol. The van der Waals surface area contributed by atoms with Gasteiger partial charge in [0.25, 0.3) is 0 Å². The highest BCUT2D eigenvalue weighted by Gasteiger charge is 2.15. The number of hydrogen-bond donors (Lipinski definition) is 1. The molecule has 1 aliphatic rings. The van der Waals surface area contributed by atoms with E-state index >= 15 is 0 Å². The summed E-state index contributed by atoms with van der Waals surface area (Å²) in [6, 6.07) is 41.9. The monoisotopic (exact) mass is 498 g/mol. The zero-order valence-corrected chi connectivity index (χ0v) is 21.4. The lowest BCUT2D eigenvalue weighted by atomic mass is 10.00. The molecule has 0 fully saturated rings. The summed E-state index contributed by atoms with van der Waals surface area (Å²) in [5, 5.41) is 3.82. The van der Waals surface area contributed by atoms with Crippen molar-refractivity contribution in [2.75, 3.05) is 0 Å². The molecule has 0 unspecified atom stereocenters. The Morgan fingerprint density at radius 3 is 2.10 bits per heavy atom. The Balaban J connectivity index is 1.27. The van der Waals surface area contributed by atoms with E-state index in [4.69, 9.17) is 0 Å². The lowest BCUT2D eigenvalue weighted by Crippen LogP contribution is -1.93. The molecular weight excluding hydrogens is 472 g/mol. The fourth-order valence-electron chi connectivity index (χ4n) is 6.08. The SMILES string of the molecule is C1=CCc2[nH]c3ccc(-c4ccc5c(c4)c4ccccc4n5-c4ccc(-c5ccccc5)cc4)cc3c2C=C1. The van der Waals surface area contributed by atoms with E-state index in [0.29, 0.717) is 0 Å². The van der Waals surface area contributed by atoms with Crippen molar-refractivity contribution in [1.82, 2.24) is 9.55 Å². The third-order valence-electron chi connectivity index (χ3n) is 7.99. The van der Waals surface area contributed by atoms with Crippen LogP contribution >= 0.6 is 0 Å². The molecule has 39 heavy (non-hydrogen) atoms.